The fourth-order valence-corrected chi connectivity index (χ4v) is 1.62. The van der Waals surface area contributed by atoms with Crippen LogP contribution in [0.25, 0.3) is 0 Å². The predicted molar refractivity (Wildman–Crippen MR) is 69.1 cm³/mol. The minimum atomic E-state index is -0.862. The van der Waals surface area contributed by atoms with Crippen molar-refractivity contribution in [3.8, 4) is 0 Å². The monoisotopic (exact) mass is 269 g/mol. The molecule has 104 valence electrons. The van der Waals surface area contributed by atoms with Crippen molar-refractivity contribution in [3.63, 3.8) is 0 Å². The Morgan fingerprint density at radius 1 is 1.53 bits per heavy atom. The first kappa shape index (κ1) is 15.0. The van der Waals surface area contributed by atoms with Crippen molar-refractivity contribution in [2.45, 2.75) is 26.3 Å². The number of hydrogen-bond acceptors (Lipinski definition) is 4. The number of rotatable bonds is 5. The van der Waals surface area contributed by atoms with E-state index >= 15 is 0 Å². The molecule has 0 aliphatic carbocycles. The minimum absolute atomic E-state index is 0.191. The zero-order valence-electron chi connectivity index (χ0n) is 10.7. The van der Waals surface area contributed by atoms with Gasteiger partial charge in [-0.2, -0.15) is 0 Å². The van der Waals surface area contributed by atoms with Crippen molar-refractivity contribution < 1.29 is 14.1 Å². The van der Waals surface area contributed by atoms with Crippen molar-refractivity contribution >= 4 is 17.3 Å². The Morgan fingerprint density at radius 3 is 2.68 bits per heavy atom. The Hall–Kier alpha value is -2.02. The zero-order chi connectivity index (χ0) is 14.6. The van der Waals surface area contributed by atoms with Crippen LogP contribution >= 0.6 is 0 Å². The smallest absolute Gasteiger partial charge is 0.295 e. The van der Waals surface area contributed by atoms with Crippen LogP contribution in [0.2, 0.25) is 0 Å². The fraction of sp³-hybridized carbons (Fsp3) is 0.417. The number of hydrogen-bond donors (Lipinski definition) is 2. The second kappa shape index (κ2) is 6.24. The number of amides is 1. The second-order valence-electron chi connectivity index (χ2n) is 4.62. The van der Waals surface area contributed by atoms with Gasteiger partial charge < -0.3 is 11.1 Å². The summed E-state index contributed by atoms with van der Waals surface area (Å²) in [5.41, 5.74) is 4.70. The van der Waals surface area contributed by atoms with E-state index in [1.165, 1.54) is 6.07 Å². The second-order valence-corrected chi connectivity index (χ2v) is 4.62. The molecule has 1 atom stereocenters. The highest BCUT2D eigenvalue weighted by molar-refractivity contribution is 5.96. The molecule has 1 aromatic carbocycles. The Labute approximate surface area is 109 Å². The van der Waals surface area contributed by atoms with Gasteiger partial charge in [-0.3, -0.25) is 14.9 Å². The molecule has 0 heterocycles. The van der Waals surface area contributed by atoms with Crippen LogP contribution in [-0.2, 0) is 4.79 Å². The van der Waals surface area contributed by atoms with E-state index in [-0.39, 0.29) is 5.92 Å². The molecule has 0 aromatic heterocycles. The van der Waals surface area contributed by atoms with Gasteiger partial charge >= 0.3 is 0 Å². The molecular weight excluding hydrogens is 253 g/mol. The lowest BCUT2D eigenvalue weighted by Crippen LogP contribution is -2.37. The number of anilines is 1. The number of nitro benzene ring substituents is 1. The van der Waals surface area contributed by atoms with Crippen molar-refractivity contribution in [2.24, 2.45) is 11.7 Å². The highest BCUT2D eigenvalue weighted by Gasteiger charge is 2.22. The zero-order valence-corrected chi connectivity index (χ0v) is 10.7. The maximum Gasteiger partial charge on any atom is 0.295 e. The van der Waals surface area contributed by atoms with Gasteiger partial charge in [0.15, 0.2) is 11.5 Å². The third-order valence-electron chi connectivity index (χ3n) is 2.50. The first-order valence-corrected chi connectivity index (χ1v) is 5.82. The molecule has 0 bridgehead atoms. The lowest BCUT2D eigenvalue weighted by molar-refractivity contribution is -0.384. The molecule has 0 aliphatic rings. The molecule has 0 radical (unpaired) electrons. The quantitative estimate of drug-likeness (QED) is 0.631. The van der Waals surface area contributed by atoms with Crippen molar-refractivity contribution in [2.75, 3.05) is 5.32 Å². The average molecular weight is 269 g/mol. The molecule has 0 fully saturated rings. The van der Waals surface area contributed by atoms with Crippen LogP contribution in [0.3, 0.4) is 0 Å². The lowest BCUT2D eigenvalue weighted by Gasteiger charge is -2.14. The Morgan fingerprint density at radius 2 is 2.16 bits per heavy atom. The van der Waals surface area contributed by atoms with E-state index in [2.05, 4.69) is 5.32 Å². The summed E-state index contributed by atoms with van der Waals surface area (Å²) in [5, 5.41) is 12.9. The molecule has 7 heteroatoms. The molecule has 1 rings (SSSR count). The van der Waals surface area contributed by atoms with Gasteiger partial charge in [0.25, 0.3) is 5.69 Å². The number of nitrogens with two attached hydrogens (primary N) is 1. The van der Waals surface area contributed by atoms with Crippen LogP contribution in [-0.4, -0.2) is 16.9 Å². The summed E-state index contributed by atoms with van der Waals surface area (Å²) >= 11 is 0. The van der Waals surface area contributed by atoms with E-state index in [0.29, 0.717) is 6.42 Å². The number of benzene rings is 1. The molecule has 3 N–H and O–H groups in total. The van der Waals surface area contributed by atoms with E-state index in [9.17, 15) is 19.3 Å². The molecule has 19 heavy (non-hydrogen) atoms. The first-order chi connectivity index (χ1) is 8.82. The van der Waals surface area contributed by atoms with Gasteiger partial charge in [-0.05, 0) is 18.4 Å². The molecule has 1 amide bonds. The number of nitro groups is 1. The van der Waals surface area contributed by atoms with Crippen LogP contribution in [0.1, 0.15) is 20.3 Å². The number of para-hydroxylation sites is 1. The van der Waals surface area contributed by atoms with Gasteiger partial charge in [-0.1, -0.05) is 19.9 Å². The molecule has 0 aliphatic heterocycles. The van der Waals surface area contributed by atoms with Gasteiger partial charge in [0, 0.05) is 6.07 Å². The third-order valence-corrected chi connectivity index (χ3v) is 2.50. The predicted octanol–water partition coefficient (Wildman–Crippen LogP) is 2.05. The molecule has 6 nitrogen and oxygen atoms in total. The van der Waals surface area contributed by atoms with Crippen LogP contribution in [0.15, 0.2) is 18.2 Å². The van der Waals surface area contributed by atoms with Crippen molar-refractivity contribution in [1.82, 2.24) is 0 Å². The van der Waals surface area contributed by atoms with Gasteiger partial charge in [0.2, 0.25) is 5.91 Å². The molecule has 1 aromatic rings. The standard InChI is InChI=1S/C12H16FN3O3/c1-7(2)6-9(14)12(17)15-11-8(13)4-3-5-10(11)16(18)19/h3-5,7,9H,6,14H2,1-2H3,(H,15,17)/t9-/m1/s1. The summed E-state index contributed by atoms with van der Waals surface area (Å²) < 4.78 is 13.5. The number of halogens is 1. The van der Waals surface area contributed by atoms with E-state index in [1.807, 2.05) is 13.8 Å². The normalized spacial score (nSPS) is 12.3. The molecule has 0 unspecified atom stereocenters. The molecule has 0 saturated carbocycles. The van der Waals surface area contributed by atoms with E-state index in [4.69, 9.17) is 5.73 Å². The summed E-state index contributed by atoms with van der Waals surface area (Å²) in [7, 11) is 0. The highest BCUT2D eigenvalue weighted by atomic mass is 19.1. The minimum Gasteiger partial charge on any atom is -0.320 e. The highest BCUT2D eigenvalue weighted by Crippen LogP contribution is 2.27. The van der Waals surface area contributed by atoms with Crippen LogP contribution in [0.5, 0.6) is 0 Å². The van der Waals surface area contributed by atoms with Crippen LogP contribution < -0.4 is 11.1 Å². The van der Waals surface area contributed by atoms with E-state index in [1.54, 1.807) is 0 Å². The number of carbonyl (C=O) groups is 1. The van der Waals surface area contributed by atoms with Gasteiger partial charge in [0.05, 0.1) is 11.0 Å². The van der Waals surface area contributed by atoms with E-state index < -0.39 is 34.1 Å². The van der Waals surface area contributed by atoms with Crippen LogP contribution in [0, 0.1) is 21.8 Å². The maximum absolute atomic E-state index is 13.5. The lowest BCUT2D eigenvalue weighted by atomic mass is 10.0. The van der Waals surface area contributed by atoms with Crippen LogP contribution in [0.4, 0.5) is 15.8 Å². The summed E-state index contributed by atoms with van der Waals surface area (Å²) in [5.74, 6) is -1.31. The molecular formula is C12H16FN3O3. The molecule has 0 spiro atoms. The Balaban J connectivity index is 2.93. The van der Waals surface area contributed by atoms with E-state index in [0.717, 1.165) is 12.1 Å². The Kier molecular flexibility index (Phi) is 4.94. The SMILES string of the molecule is CC(C)C[C@@H](N)C(=O)Nc1c(F)cccc1[N+](=O)[O-]. The average Bonchev–Trinajstić information content (AvgIpc) is 2.30. The maximum atomic E-state index is 13.5. The van der Waals surface area contributed by atoms with Gasteiger partial charge in [-0.25, -0.2) is 4.39 Å². The summed E-state index contributed by atoms with van der Waals surface area (Å²) in [6.07, 6.45) is 0.411. The summed E-state index contributed by atoms with van der Waals surface area (Å²) in [6, 6.07) is 2.53. The van der Waals surface area contributed by atoms with Gasteiger partial charge in [0.1, 0.15) is 0 Å². The number of carbonyl (C=O) groups excluding carboxylic acids is 1. The van der Waals surface area contributed by atoms with Crippen molar-refractivity contribution in [3.05, 3.63) is 34.1 Å². The van der Waals surface area contributed by atoms with Crippen molar-refractivity contribution in [1.29, 1.82) is 0 Å². The van der Waals surface area contributed by atoms with Gasteiger partial charge in [-0.15, -0.1) is 0 Å². The summed E-state index contributed by atoms with van der Waals surface area (Å²) in [4.78, 5) is 21.8. The fourth-order valence-electron chi connectivity index (χ4n) is 1.62. The largest absolute Gasteiger partial charge is 0.320 e. The summed E-state index contributed by atoms with van der Waals surface area (Å²) in [6.45, 7) is 3.78. The topological polar surface area (TPSA) is 98.3 Å². The first-order valence-electron chi connectivity index (χ1n) is 5.82. The third kappa shape index (κ3) is 3.99. The Bertz CT molecular complexity index is 491. The molecule has 0 saturated heterocycles. The number of nitrogens with one attached hydrogen (secondary N) is 1. The number of nitrogens with zero attached hydrogens (tertiary/aromatic N) is 1.